The van der Waals surface area contributed by atoms with Gasteiger partial charge in [-0.05, 0) is 142 Å². The number of nitrogens with zero attached hydrogens (tertiary/aromatic N) is 15. The van der Waals surface area contributed by atoms with Crippen LogP contribution >= 0.6 is 31.9 Å². The van der Waals surface area contributed by atoms with Gasteiger partial charge in [-0.2, -0.15) is 0 Å². The summed E-state index contributed by atoms with van der Waals surface area (Å²) < 4.78 is 67.5. The van der Waals surface area contributed by atoms with Crippen LogP contribution < -0.4 is 32.3 Å². The first-order chi connectivity index (χ1) is 69.7. The van der Waals surface area contributed by atoms with Crippen LogP contribution in [0.4, 0.5) is 32.9 Å². The van der Waals surface area contributed by atoms with Gasteiger partial charge >= 0.3 is 48.0 Å². The molecule has 5 amide bonds. The molecule has 8 N–H and O–H groups in total. The van der Waals surface area contributed by atoms with E-state index in [1.165, 1.54) is 45.5 Å². The zero-order valence-corrected chi connectivity index (χ0v) is 90.1. The third-order valence-electron chi connectivity index (χ3n) is 22.7. The lowest BCUT2D eigenvalue weighted by Crippen LogP contribution is -2.46. The minimum absolute atomic E-state index is 0.00514. The Balaban J connectivity index is 0.000000234. The quantitative estimate of drug-likeness (QED) is 0.0157. The molecule has 6 fully saturated rings. The van der Waals surface area contributed by atoms with Crippen molar-refractivity contribution >= 4 is 133 Å². The first-order valence-electron chi connectivity index (χ1n) is 49.0. The number of aromatic nitrogens is 4. The van der Waals surface area contributed by atoms with E-state index >= 15 is 0 Å². The fourth-order valence-electron chi connectivity index (χ4n) is 15.1. The van der Waals surface area contributed by atoms with Gasteiger partial charge in [-0.3, -0.25) is 87.5 Å². The normalized spacial score (nSPS) is 17.6. The van der Waals surface area contributed by atoms with Crippen molar-refractivity contribution in [2.45, 2.75) is 105 Å². The molecule has 0 spiro atoms. The third kappa shape index (κ3) is 52.7. The van der Waals surface area contributed by atoms with E-state index in [4.69, 9.17) is 58.2 Å². The summed E-state index contributed by atoms with van der Waals surface area (Å²) in [6.07, 6.45) is 11.1. The van der Waals surface area contributed by atoms with E-state index in [0.29, 0.717) is 101 Å². The number of carboxylic acids is 1. The van der Waals surface area contributed by atoms with Crippen LogP contribution in [0, 0.1) is 0 Å². The van der Waals surface area contributed by atoms with E-state index in [1.807, 2.05) is 49.9 Å². The highest BCUT2D eigenvalue weighted by Gasteiger charge is 2.30. The number of carboxylic acid groups (broad SMARTS) is 1. The molecule has 814 valence electrons. The van der Waals surface area contributed by atoms with Crippen molar-refractivity contribution in [3.05, 3.63) is 104 Å². The number of morpholine rings is 6. The summed E-state index contributed by atoms with van der Waals surface area (Å²) in [5.41, 5.74) is 9.52. The number of hydrogen-bond donors (Lipinski definition) is 7. The van der Waals surface area contributed by atoms with Gasteiger partial charge in [0.1, 0.15) is 53.2 Å². The molecule has 0 bridgehead atoms. The maximum Gasteiger partial charge on any atom is 0.410 e. The number of nitrogens with one attached hydrogen (secondary N) is 5. The highest BCUT2D eigenvalue weighted by Crippen LogP contribution is 2.26. The molecule has 46 nitrogen and oxygen atoms in total. The van der Waals surface area contributed by atoms with Crippen molar-refractivity contribution in [1.82, 2.24) is 84.5 Å². The Morgan fingerprint density at radius 2 is 0.774 bits per heavy atom. The van der Waals surface area contributed by atoms with Crippen molar-refractivity contribution in [1.29, 1.82) is 0 Å². The zero-order valence-electron chi connectivity index (χ0n) is 86.9. The average Bonchev–Trinajstić information content (AvgIpc) is 1.68. The first kappa shape index (κ1) is 123. The minimum Gasteiger partial charge on any atom is -0.478 e. The Bertz CT molecular complexity index is 4770. The Morgan fingerprint density at radius 3 is 1.18 bits per heavy atom. The number of anilines is 4. The second kappa shape index (κ2) is 66.4. The molecule has 4 aromatic heterocycles. The van der Waals surface area contributed by atoms with Crippen LogP contribution in [0.5, 0.6) is 0 Å². The predicted molar refractivity (Wildman–Crippen MR) is 552 cm³/mol. The first-order valence-corrected chi connectivity index (χ1v) is 50.6. The number of fused-ring (bicyclic) bond motifs is 3. The average molecular weight is 2190 g/mol. The molecule has 0 aliphatic carbocycles. The number of halogens is 2. The molecule has 13 heterocycles. The lowest BCUT2D eigenvalue weighted by Gasteiger charge is -2.30. The number of rotatable bonds is 32. The van der Waals surface area contributed by atoms with E-state index < -0.39 is 52.9 Å². The fraction of sp³-hybridized carbons (Fsp3) is 0.643. The molecule has 0 radical (unpaired) electrons. The number of alkyl carbamates (subject to hydrolysis) is 1. The summed E-state index contributed by atoms with van der Waals surface area (Å²) in [5, 5.41) is 22.6. The maximum atomic E-state index is 12.2. The molecule has 0 aromatic carbocycles. The molecule has 13 rings (SSSR count). The van der Waals surface area contributed by atoms with Gasteiger partial charge in [-0.25, -0.2) is 39.1 Å². The number of ether oxygens (including phenoxy) is 13. The number of esters is 5. The van der Waals surface area contributed by atoms with Gasteiger partial charge in [0, 0.05) is 251 Å². The van der Waals surface area contributed by atoms with Gasteiger partial charge in [0.25, 0.3) is 0 Å². The number of aliphatic carboxylic acids is 1. The monoisotopic (exact) mass is 2180 g/mol. The van der Waals surface area contributed by atoms with Crippen LogP contribution in [0.15, 0.2) is 70.2 Å². The summed E-state index contributed by atoms with van der Waals surface area (Å²) in [6, 6.07) is 7.78. The van der Waals surface area contributed by atoms with Crippen LogP contribution in [-0.2, 0) is 131 Å². The molecule has 0 unspecified atom stereocenters. The standard InChI is InChI=1S/C21H30N4O4.C17H22N4O4.C15H23BrN4O3.C14H19BrN4O2.C14H26N2O5.C9H18N2O3.C8H15NO4/c1-21(2,3)29-19(27)5-4-16-12-17-14-25(7-6-24-8-10-28-11-9-24)15-18(26)23-20(17)22-13-16;22-15-12-21(4-3-20-5-7-25-8-6-20)11-14-9-13(1-2-16(23)24)10-18-17(14)19-15;1-22-14(21)11-20(3-2-19-4-6-23-7-5-19)10-12-8-13(16)9-18-15(12)17;15-12-7-11-9-19(2-1-18-3-5-21-6-4-18)10-13(20)17-14(11)16-8-12;1-14(2,3)21-13(18)16(11-12(17)19-4)6-5-15-7-9-20-10-8-15;1-13-9(12)8-10-2-3-11-4-6-14-7-5-11;1-8(2,3)13-7(11)9-5-6(10)12-4/h4-5,12-13H,6-11,14-15H2,1-3H3,(H,22,23,26);1-2,9-10H,3-8,11-12H2,(H,23,24)(H,18,19,22);8-9H,2-7,10-11H2,1H3,(H2,17,18);7-8H,1-6,9-10H2,(H,16,17,20);5-11H2,1-4H3;10H,2-8H2,1H3;5H2,1-4H3,(H,9,11)/b5-4+;2-1+;;;;;. The number of pyridine rings is 4. The highest BCUT2D eigenvalue weighted by atomic mass is 79.9. The van der Waals surface area contributed by atoms with Crippen molar-refractivity contribution in [3.8, 4) is 0 Å². The van der Waals surface area contributed by atoms with Crippen molar-refractivity contribution < 1.29 is 119 Å². The zero-order chi connectivity index (χ0) is 106. The second-order valence-corrected chi connectivity index (χ2v) is 39.7. The second-order valence-electron chi connectivity index (χ2n) is 37.9. The Hall–Kier alpha value is -10.1. The Labute approximate surface area is 873 Å². The molecular formula is C98H153Br2N21O25. The van der Waals surface area contributed by atoms with Crippen LogP contribution in [0.25, 0.3) is 12.2 Å². The number of carbonyl (C=O) groups is 11. The maximum absolute atomic E-state index is 12.2. The van der Waals surface area contributed by atoms with E-state index in [2.05, 4.69) is 137 Å². The molecule has 6 saturated heterocycles. The lowest BCUT2D eigenvalue weighted by molar-refractivity contribution is -0.148. The topological polar surface area (TPSA) is 501 Å². The van der Waals surface area contributed by atoms with Crippen LogP contribution in [0.2, 0.25) is 0 Å². The van der Waals surface area contributed by atoms with E-state index in [-0.39, 0.29) is 49.3 Å². The predicted octanol–water partition coefficient (Wildman–Crippen LogP) is 3.95. The van der Waals surface area contributed by atoms with Crippen molar-refractivity contribution in [3.63, 3.8) is 0 Å². The van der Waals surface area contributed by atoms with Gasteiger partial charge in [-0.1, -0.05) is 0 Å². The van der Waals surface area contributed by atoms with Gasteiger partial charge < -0.3 is 99.0 Å². The Kier molecular flexibility index (Phi) is 55.9. The largest absolute Gasteiger partial charge is 0.478 e. The summed E-state index contributed by atoms with van der Waals surface area (Å²) in [4.78, 5) is 167. The van der Waals surface area contributed by atoms with Crippen molar-refractivity contribution in [2.75, 3.05) is 332 Å². The smallest absolute Gasteiger partial charge is 0.410 e. The number of nitrogens with two attached hydrogens (primary N) is 1. The molecule has 9 aliphatic heterocycles. The third-order valence-corrected chi connectivity index (χ3v) is 23.6. The SMILES string of the molecule is CC(C)(C)OC(=O)/C=C/c1cnc2c(c1)CN(CCN1CCOCC1)CC(=O)N2.COC(=O)CN(CCN1CCOCC1)C(=O)OC(C)(C)C.COC(=O)CN(CCN1CCOCC1)Cc1cc(Br)cnc1N.COC(=O)CNC(=O)OC(C)(C)C.COC(=O)CNCCN1CCOCC1.O=C(O)/C=C/c1cnc2c(c1)CN(CCN1CCOCC1)CC(=O)N2.O=C1CN(CCN2CCOCC2)Cc2cc(Br)cnc2N1. The molecule has 4 aromatic rings. The van der Waals surface area contributed by atoms with Gasteiger partial charge in [0.2, 0.25) is 17.7 Å². The van der Waals surface area contributed by atoms with Crippen LogP contribution in [0.1, 0.15) is 95.7 Å². The number of carbonyl (C=O) groups excluding carboxylic acids is 10. The van der Waals surface area contributed by atoms with Crippen molar-refractivity contribution in [2.24, 2.45) is 0 Å². The molecular weight excluding hydrogens is 2030 g/mol. The molecule has 9 aliphatic rings. The van der Waals surface area contributed by atoms with Crippen LogP contribution in [0.3, 0.4) is 0 Å². The molecule has 48 heteroatoms. The summed E-state index contributed by atoms with van der Waals surface area (Å²) in [6.45, 7) is 50.0. The van der Waals surface area contributed by atoms with E-state index in [9.17, 15) is 52.7 Å². The summed E-state index contributed by atoms with van der Waals surface area (Å²) in [5.74, 6) is -0.684. The number of nitrogen functional groups attached to an aromatic ring is 1. The fourth-order valence-corrected chi connectivity index (χ4v) is 15.8. The highest BCUT2D eigenvalue weighted by molar-refractivity contribution is 9.10. The number of hydrogen-bond acceptors (Lipinski definition) is 40. The Morgan fingerprint density at radius 1 is 0.425 bits per heavy atom. The summed E-state index contributed by atoms with van der Waals surface area (Å²) in [7, 11) is 5.35. The number of methoxy groups -OCH3 is 4. The van der Waals surface area contributed by atoms with Gasteiger partial charge in [0.05, 0.1) is 140 Å². The summed E-state index contributed by atoms with van der Waals surface area (Å²) >= 11 is 6.84. The molecule has 0 saturated carbocycles. The van der Waals surface area contributed by atoms with E-state index in [0.717, 1.165) is 259 Å². The van der Waals surface area contributed by atoms with Gasteiger partial charge in [-0.15, -0.1) is 0 Å². The van der Waals surface area contributed by atoms with Gasteiger partial charge in [0.15, 0.2) is 0 Å². The lowest BCUT2D eigenvalue weighted by atomic mass is 10.1. The minimum atomic E-state index is -1.00. The molecule has 0 atom stereocenters. The van der Waals surface area contributed by atoms with Crippen LogP contribution in [-0.4, -0.2) is 472 Å². The molecule has 146 heavy (non-hydrogen) atoms. The number of amides is 5. The van der Waals surface area contributed by atoms with E-state index in [1.54, 1.807) is 72.4 Å².